The maximum absolute atomic E-state index is 6.11. The summed E-state index contributed by atoms with van der Waals surface area (Å²) in [6.07, 6.45) is 1.73. The highest BCUT2D eigenvalue weighted by Crippen LogP contribution is 2.45. The molecular formula is C16H21N4+. The fraction of sp³-hybridized carbons (Fsp3) is 0.375. The molecule has 0 aliphatic carbocycles. The first kappa shape index (κ1) is 13.1. The first-order chi connectivity index (χ1) is 9.52. The van der Waals surface area contributed by atoms with Crippen molar-refractivity contribution >= 4 is 17.7 Å². The fourth-order valence-corrected chi connectivity index (χ4v) is 3.12. The molecular weight excluding hydrogens is 248 g/mol. The van der Waals surface area contributed by atoms with E-state index in [1.54, 1.807) is 11.3 Å². The second-order valence-corrected chi connectivity index (χ2v) is 5.86. The molecule has 0 saturated heterocycles. The van der Waals surface area contributed by atoms with Crippen LogP contribution in [0.5, 0.6) is 0 Å². The van der Waals surface area contributed by atoms with Gasteiger partial charge in [-0.1, -0.05) is 26.0 Å². The van der Waals surface area contributed by atoms with Gasteiger partial charge in [-0.05, 0) is 6.07 Å². The van der Waals surface area contributed by atoms with Crippen molar-refractivity contribution in [1.82, 2.24) is 5.01 Å². The van der Waals surface area contributed by atoms with E-state index in [9.17, 15) is 0 Å². The largest absolute Gasteiger partial charge is 0.287 e. The van der Waals surface area contributed by atoms with E-state index >= 15 is 0 Å². The van der Waals surface area contributed by atoms with Crippen LogP contribution in [0.15, 0.2) is 40.7 Å². The van der Waals surface area contributed by atoms with Crippen LogP contribution in [0.25, 0.3) is 0 Å². The third-order valence-electron chi connectivity index (χ3n) is 3.86. The topological polar surface area (TPSA) is 44.6 Å². The molecule has 0 fully saturated rings. The molecule has 104 valence electrons. The molecule has 1 aromatic carbocycles. The van der Waals surface area contributed by atoms with Crippen LogP contribution in [-0.4, -0.2) is 21.6 Å². The summed E-state index contributed by atoms with van der Waals surface area (Å²) < 4.78 is 2.32. The van der Waals surface area contributed by atoms with Gasteiger partial charge in [-0.25, -0.2) is 10.8 Å². The van der Waals surface area contributed by atoms with Gasteiger partial charge < -0.3 is 0 Å². The van der Waals surface area contributed by atoms with E-state index in [-0.39, 0.29) is 6.04 Å². The summed E-state index contributed by atoms with van der Waals surface area (Å²) in [5, 5.41) is 1.71. The average molecular weight is 269 g/mol. The smallest absolute Gasteiger partial charge is 0.216 e. The van der Waals surface area contributed by atoms with Crippen LogP contribution in [0.3, 0.4) is 0 Å². The summed E-state index contributed by atoms with van der Waals surface area (Å²) in [5.41, 5.74) is 6.00. The summed E-state index contributed by atoms with van der Waals surface area (Å²) in [7, 11) is 0. The molecule has 2 aliphatic heterocycles. The fourth-order valence-electron chi connectivity index (χ4n) is 3.12. The number of aliphatic imine (C=N–C) groups is 1. The van der Waals surface area contributed by atoms with E-state index in [1.807, 2.05) is 0 Å². The lowest BCUT2D eigenvalue weighted by atomic mass is 9.92. The Labute approximate surface area is 119 Å². The second-order valence-electron chi connectivity index (χ2n) is 5.86. The van der Waals surface area contributed by atoms with Crippen molar-refractivity contribution in [3.8, 4) is 0 Å². The normalized spacial score (nSPS) is 20.6. The summed E-state index contributed by atoms with van der Waals surface area (Å²) in [5.74, 6) is 6.50. The number of hydrazine groups is 1. The minimum atomic E-state index is 0.0409. The quantitative estimate of drug-likeness (QED) is 0.629. The van der Waals surface area contributed by atoms with Crippen molar-refractivity contribution in [2.45, 2.75) is 33.7 Å². The van der Waals surface area contributed by atoms with Crippen LogP contribution in [0, 0.1) is 5.92 Å². The van der Waals surface area contributed by atoms with Gasteiger partial charge in [0.25, 0.3) is 0 Å². The SMILES string of the molecule is CC(C)=[N+]1C(C(C)C)=C2N=CN(N)C2c2ccccc21. The van der Waals surface area contributed by atoms with Gasteiger partial charge >= 0.3 is 0 Å². The minimum absolute atomic E-state index is 0.0409. The molecule has 2 aliphatic rings. The summed E-state index contributed by atoms with van der Waals surface area (Å²) in [6, 6.07) is 8.48. The number of benzene rings is 1. The van der Waals surface area contributed by atoms with Gasteiger partial charge in [0, 0.05) is 25.8 Å². The summed E-state index contributed by atoms with van der Waals surface area (Å²) in [6.45, 7) is 8.69. The number of nitrogens with zero attached hydrogens (tertiary/aromatic N) is 3. The first-order valence-corrected chi connectivity index (χ1v) is 7.03. The van der Waals surface area contributed by atoms with Gasteiger partial charge in [0.1, 0.15) is 18.1 Å². The van der Waals surface area contributed by atoms with Gasteiger partial charge in [0.2, 0.25) is 11.4 Å². The molecule has 0 saturated carbocycles. The molecule has 20 heavy (non-hydrogen) atoms. The lowest BCUT2D eigenvalue weighted by molar-refractivity contribution is -0.398. The van der Waals surface area contributed by atoms with Gasteiger partial charge in [0.15, 0.2) is 5.71 Å². The Bertz CT molecular complexity index is 648. The molecule has 2 heterocycles. The molecule has 0 radical (unpaired) electrons. The van der Waals surface area contributed by atoms with Crippen LogP contribution < -0.4 is 5.84 Å². The molecule has 1 aromatic rings. The first-order valence-electron chi connectivity index (χ1n) is 7.03. The van der Waals surface area contributed by atoms with E-state index < -0.39 is 0 Å². The number of rotatable bonds is 1. The Kier molecular flexibility index (Phi) is 2.98. The van der Waals surface area contributed by atoms with Crippen molar-refractivity contribution in [3.05, 3.63) is 41.2 Å². The second kappa shape index (κ2) is 4.56. The van der Waals surface area contributed by atoms with Gasteiger partial charge in [-0.15, -0.1) is 0 Å². The highest BCUT2D eigenvalue weighted by Gasteiger charge is 2.43. The molecule has 2 N–H and O–H groups in total. The molecule has 1 atom stereocenters. The van der Waals surface area contributed by atoms with Crippen molar-refractivity contribution in [2.24, 2.45) is 16.8 Å². The predicted octanol–water partition coefficient (Wildman–Crippen LogP) is 2.95. The Morgan fingerprint density at radius 1 is 1.30 bits per heavy atom. The Morgan fingerprint density at radius 3 is 2.65 bits per heavy atom. The summed E-state index contributed by atoms with van der Waals surface area (Å²) in [4.78, 5) is 4.57. The predicted molar refractivity (Wildman–Crippen MR) is 81.8 cm³/mol. The van der Waals surface area contributed by atoms with Crippen LogP contribution in [0.2, 0.25) is 0 Å². The van der Waals surface area contributed by atoms with E-state index in [4.69, 9.17) is 5.84 Å². The highest BCUT2D eigenvalue weighted by molar-refractivity contribution is 5.77. The highest BCUT2D eigenvalue weighted by atomic mass is 15.5. The molecule has 0 aromatic heterocycles. The zero-order valence-electron chi connectivity index (χ0n) is 12.5. The molecule has 1 unspecified atom stereocenters. The lowest BCUT2D eigenvalue weighted by Gasteiger charge is -2.27. The molecule has 0 amide bonds. The average Bonchev–Trinajstić information content (AvgIpc) is 2.79. The van der Waals surface area contributed by atoms with Crippen molar-refractivity contribution < 1.29 is 4.58 Å². The molecule has 0 spiro atoms. The Hall–Kier alpha value is -1.94. The Balaban J connectivity index is 2.36. The van der Waals surface area contributed by atoms with Gasteiger partial charge in [0.05, 0.1) is 5.56 Å². The van der Waals surface area contributed by atoms with Crippen LogP contribution in [0.1, 0.15) is 39.3 Å². The molecule has 4 heteroatoms. The van der Waals surface area contributed by atoms with Crippen LogP contribution >= 0.6 is 0 Å². The van der Waals surface area contributed by atoms with Crippen molar-refractivity contribution in [3.63, 3.8) is 0 Å². The molecule has 4 nitrogen and oxygen atoms in total. The van der Waals surface area contributed by atoms with Gasteiger partial charge in [-0.3, -0.25) is 5.01 Å². The number of allylic oxidation sites excluding steroid dienone is 1. The molecule has 0 bridgehead atoms. The number of fused-ring (bicyclic) bond motifs is 3. The standard InChI is InChI=1S/C16H21N4/c1-10(2)15-14-16(19(17)9-18-14)12-7-5-6-8-13(12)20(15)11(3)4/h5-10,16H,17H2,1-4H3/q+1. The van der Waals surface area contributed by atoms with E-state index in [0.717, 1.165) is 5.70 Å². The van der Waals surface area contributed by atoms with Crippen molar-refractivity contribution in [2.75, 3.05) is 0 Å². The van der Waals surface area contributed by atoms with Crippen LogP contribution in [-0.2, 0) is 0 Å². The lowest BCUT2D eigenvalue weighted by Crippen LogP contribution is -2.34. The van der Waals surface area contributed by atoms with Crippen molar-refractivity contribution in [1.29, 1.82) is 0 Å². The molecule has 3 rings (SSSR count). The number of hydrogen-bond donors (Lipinski definition) is 1. The number of para-hydroxylation sites is 1. The third kappa shape index (κ3) is 1.72. The van der Waals surface area contributed by atoms with E-state index in [0.29, 0.717) is 5.92 Å². The zero-order chi connectivity index (χ0) is 14.4. The Morgan fingerprint density at radius 2 is 2.00 bits per heavy atom. The maximum Gasteiger partial charge on any atom is 0.216 e. The summed E-state index contributed by atoms with van der Waals surface area (Å²) >= 11 is 0. The maximum atomic E-state index is 6.11. The zero-order valence-corrected chi connectivity index (χ0v) is 12.5. The monoisotopic (exact) mass is 269 g/mol. The number of nitrogens with two attached hydrogens (primary N) is 1. The number of hydrogen-bond acceptors (Lipinski definition) is 3. The van der Waals surface area contributed by atoms with Gasteiger partial charge in [-0.2, -0.15) is 4.58 Å². The van der Waals surface area contributed by atoms with E-state index in [2.05, 4.69) is 61.5 Å². The minimum Gasteiger partial charge on any atom is -0.287 e. The third-order valence-corrected chi connectivity index (χ3v) is 3.86. The van der Waals surface area contributed by atoms with Crippen LogP contribution in [0.4, 0.5) is 5.69 Å². The van der Waals surface area contributed by atoms with E-state index in [1.165, 1.54) is 22.7 Å².